The standard InChI is InChI=1S/C19H34N2O2/c1-18(2,3)17(22)21-9-7-19(8-10-21)14-20(4)11-16(19)13-23-12-15-5-6-15/h15-16H,5-14H2,1-4H3/t16-/m0/s1. The molecule has 2 aliphatic heterocycles. The summed E-state index contributed by atoms with van der Waals surface area (Å²) in [5.74, 6) is 1.79. The second-order valence-corrected chi connectivity index (χ2v) is 9.28. The summed E-state index contributed by atoms with van der Waals surface area (Å²) < 4.78 is 6.04. The third kappa shape index (κ3) is 3.90. The number of piperidine rings is 1. The van der Waals surface area contributed by atoms with E-state index in [0.29, 0.717) is 17.2 Å². The van der Waals surface area contributed by atoms with Crippen LogP contribution >= 0.6 is 0 Å². The van der Waals surface area contributed by atoms with Crippen molar-refractivity contribution in [3.63, 3.8) is 0 Å². The first-order valence-corrected chi connectivity index (χ1v) is 9.36. The molecule has 2 heterocycles. The van der Waals surface area contributed by atoms with Gasteiger partial charge in [-0.25, -0.2) is 0 Å². The van der Waals surface area contributed by atoms with Gasteiger partial charge < -0.3 is 14.5 Å². The highest BCUT2D eigenvalue weighted by molar-refractivity contribution is 5.81. The lowest BCUT2D eigenvalue weighted by Gasteiger charge is -2.44. The van der Waals surface area contributed by atoms with Gasteiger partial charge in [0.05, 0.1) is 6.61 Å². The molecule has 23 heavy (non-hydrogen) atoms. The summed E-state index contributed by atoms with van der Waals surface area (Å²) in [6, 6.07) is 0. The summed E-state index contributed by atoms with van der Waals surface area (Å²) in [6.45, 7) is 12.1. The smallest absolute Gasteiger partial charge is 0.227 e. The van der Waals surface area contributed by atoms with E-state index in [1.54, 1.807) is 0 Å². The molecule has 1 amide bonds. The van der Waals surface area contributed by atoms with Gasteiger partial charge in [0.25, 0.3) is 0 Å². The maximum atomic E-state index is 12.5. The van der Waals surface area contributed by atoms with Crippen molar-refractivity contribution in [3.8, 4) is 0 Å². The zero-order chi connectivity index (χ0) is 16.7. The van der Waals surface area contributed by atoms with Crippen molar-refractivity contribution >= 4 is 5.91 Å². The van der Waals surface area contributed by atoms with E-state index in [4.69, 9.17) is 4.74 Å². The highest BCUT2D eigenvalue weighted by Gasteiger charge is 2.48. The van der Waals surface area contributed by atoms with Gasteiger partial charge >= 0.3 is 0 Å². The van der Waals surface area contributed by atoms with Crippen molar-refractivity contribution in [2.75, 3.05) is 46.4 Å². The molecule has 3 fully saturated rings. The van der Waals surface area contributed by atoms with Crippen molar-refractivity contribution in [1.82, 2.24) is 9.80 Å². The Morgan fingerprint density at radius 2 is 1.83 bits per heavy atom. The molecule has 4 heteroatoms. The minimum atomic E-state index is -0.260. The summed E-state index contributed by atoms with van der Waals surface area (Å²) in [5.41, 5.74) is 0.108. The monoisotopic (exact) mass is 322 g/mol. The largest absolute Gasteiger partial charge is 0.381 e. The lowest BCUT2D eigenvalue weighted by Crippen LogP contribution is -2.49. The zero-order valence-corrected chi connectivity index (χ0v) is 15.4. The molecular formula is C19H34N2O2. The van der Waals surface area contributed by atoms with E-state index >= 15 is 0 Å². The maximum absolute atomic E-state index is 12.5. The van der Waals surface area contributed by atoms with Crippen molar-refractivity contribution in [2.45, 2.75) is 46.5 Å². The van der Waals surface area contributed by atoms with Gasteiger partial charge in [-0.1, -0.05) is 20.8 Å². The van der Waals surface area contributed by atoms with Crippen LogP contribution in [0.3, 0.4) is 0 Å². The number of nitrogens with zero attached hydrogens (tertiary/aromatic N) is 2. The van der Waals surface area contributed by atoms with Crippen LogP contribution in [0.15, 0.2) is 0 Å². The molecule has 132 valence electrons. The number of hydrogen-bond acceptors (Lipinski definition) is 3. The Labute approximate surface area is 141 Å². The van der Waals surface area contributed by atoms with Crippen LogP contribution in [-0.2, 0) is 9.53 Å². The lowest BCUT2D eigenvalue weighted by molar-refractivity contribution is -0.142. The molecule has 0 aromatic rings. The minimum Gasteiger partial charge on any atom is -0.381 e. The quantitative estimate of drug-likeness (QED) is 0.798. The number of carbonyl (C=O) groups excluding carboxylic acids is 1. The van der Waals surface area contributed by atoms with E-state index in [9.17, 15) is 4.79 Å². The van der Waals surface area contributed by atoms with Crippen molar-refractivity contribution in [3.05, 3.63) is 0 Å². The Balaban J connectivity index is 1.56. The second-order valence-electron chi connectivity index (χ2n) is 9.28. The number of amides is 1. The molecule has 3 aliphatic rings. The zero-order valence-electron chi connectivity index (χ0n) is 15.4. The molecule has 4 nitrogen and oxygen atoms in total. The molecule has 2 saturated heterocycles. The van der Waals surface area contributed by atoms with Crippen LogP contribution in [-0.4, -0.2) is 62.1 Å². The first kappa shape index (κ1) is 17.2. The van der Waals surface area contributed by atoms with Gasteiger partial charge in [0.15, 0.2) is 0 Å². The fourth-order valence-electron chi connectivity index (χ4n) is 4.39. The Bertz CT molecular complexity index is 431. The summed E-state index contributed by atoms with van der Waals surface area (Å²) in [5, 5.41) is 0. The molecule has 1 atom stereocenters. The molecule has 0 radical (unpaired) electrons. The maximum Gasteiger partial charge on any atom is 0.227 e. The Morgan fingerprint density at radius 3 is 2.39 bits per heavy atom. The second kappa shape index (κ2) is 6.36. The Morgan fingerprint density at radius 1 is 1.17 bits per heavy atom. The van der Waals surface area contributed by atoms with E-state index < -0.39 is 0 Å². The number of hydrogen-bond donors (Lipinski definition) is 0. The average Bonchev–Trinajstić information content (AvgIpc) is 3.24. The molecule has 0 N–H and O–H groups in total. The molecular weight excluding hydrogens is 288 g/mol. The molecule has 0 bridgehead atoms. The van der Waals surface area contributed by atoms with Crippen LogP contribution in [0, 0.1) is 22.7 Å². The van der Waals surface area contributed by atoms with Gasteiger partial charge in [-0.15, -0.1) is 0 Å². The summed E-state index contributed by atoms with van der Waals surface area (Å²) >= 11 is 0. The number of likely N-dealkylation sites (tertiary alicyclic amines) is 2. The SMILES string of the molecule is CN1C[C@@H](COCC2CC2)C2(CCN(C(=O)C(C)(C)C)CC2)C1. The van der Waals surface area contributed by atoms with Crippen LogP contribution in [0.1, 0.15) is 46.5 Å². The highest BCUT2D eigenvalue weighted by atomic mass is 16.5. The minimum absolute atomic E-state index is 0.260. The van der Waals surface area contributed by atoms with Crippen molar-refractivity contribution < 1.29 is 9.53 Å². The molecule has 1 spiro atoms. The van der Waals surface area contributed by atoms with Gasteiger partial charge in [0.2, 0.25) is 5.91 Å². The summed E-state index contributed by atoms with van der Waals surface area (Å²) in [6.07, 6.45) is 4.99. The van der Waals surface area contributed by atoms with Crippen LogP contribution in [0.4, 0.5) is 0 Å². The normalized spacial score (nSPS) is 28.5. The highest BCUT2D eigenvalue weighted by Crippen LogP contribution is 2.45. The molecule has 3 rings (SSSR count). The van der Waals surface area contributed by atoms with E-state index in [2.05, 4.69) is 16.8 Å². The van der Waals surface area contributed by atoms with Crippen LogP contribution in [0.2, 0.25) is 0 Å². The number of rotatable bonds is 4. The van der Waals surface area contributed by atoms with Crippen LogP contribution < -0.4 is 0 Å². The third-order valence-electron chi connectivity index (χ3n) is 6.04. The predicted molar refractivity (Wildman–Crippen MR) is 92.2 cm³/mol. The fraction of sp³-hybridized carbons (Fsp3) is 0.947. The topological polar surface area (TPSA) is 32.8 Å². The van der Waals surface area contributed by atoms with Gasteiger partial charge in [-0.2, -0.15) is 0 Å². The molecule has 1 saturated carbocycles. The van der Waals surface area contributed by atoms with Gasteiger partial charge in [0, 0.05) is 44.1 Å². The summed E-state index contributed by atoms with van der Waals surface area (Å²) in [7, 11) is 2.23. The van der Waals surface area contributed by atoms with Gasteiger partial charge in [-0.3, -0.25) is 4.79 Å². The first-order valence-electron chi connectivity index (χ1n) is 9.36. The van der Waals surface area contributed by atoms with E-state index in [1.165, 1.54) is 19.4 Å². The number of ether oxygens (including phenoxy) is 1. The van der Waals surface area contributed by atoms with Crippen molar-refractivity contribution in [1.29, 1.82) is 0 Å². The van der Waals surface area contributed by atoms with Gasteiger partial charge in [-0.05, 0) is 44.1 Å². The molecule has 1 aliphatic carbocycles. The Hall–Kier alpha value is -0.610. The van der Waals surface area contributed by atoms with E-state index in [1.807, 2.05) is 20.8 Å². The third-order valence-corrected chi connectivity index (χ3v) is 6.04. The van der Waals surface area contributed by atoms with Crippen molar-refractivity contribution in [2.24, 2.45) is 22.7 Å². The van der Waals surface area contributed by atoms with Crippen LogP contribution in [0.25, 0.3) is 0 Å². The molecule has 0 aromatic heterocycles. The Kier molecular flexibility index (Phi) is 4.76. The fourth-order valence-corrected chi connectivity index (χ4v) is 4.39. The van der Waals surface area contributed by atoms with E-state index in [-0.39, 0.29) is 5.41 Å². The van der Waals surface area contributed by atoms with Gasteiger partial charge in [0.1, 0.15) is 0 Å². The molecule has 0 aromatic carbocycles. The van der Waals surface area contributed by atoms with E-state index in [0.717, 1.165) is 51.6 Å². The van der Waals surface area contributed by atoms with Crippen LogP contribution in [0.5, 0.6) is 0 Å². The predicted octanol–water partition coefficient (Wildman–Crippen LogP) is 2.63. The summed E-state index contributed by atoms with van der Waals surface area (Å²) in [4.78, 5) is 17.1. The number of carbonyl (C=O) groups is 1. The molecule has 0 unspecified atom stereocenters. The first-order chi connectivity index (χ1) is 10.8. The average molecular weight is 322 g/mol. The lowest BCUT2D eigenvalue weighted by atomic mass is 9.71.